The first kappa shape index (κ1) is 23.4. The standard InChI is InChI=1S/C15H11.C10H11NSi.2ClH.Zr/c1-2-6-12(7-3-1)14-10-4-8-13-9-5-11-15(13)14;1-6-10-9-7(11-6)4-5-8(9)12(10,2)3;;;/h1-11H;4-5H,1-3H3;2*1H;/q;;;;+2/p-2. The van der Waals surface area contributed by atoms with E-state index in [4.69, 9.17) is 0 Å². The van der Waals surface area contributed by atoms with Crippen molar-refractivity contribution in [3.05, 3.63) is 99.5 Å². The second-order valence-electron chi connectivity index (χ2n) is 8.22. The summed E-state index contributed by atoms with van der Waals surface area (Å²) in [6, 6.07) is 17.3. The van der Waals surface area contributed by atoms with Crippen molar-refractivity contribution in [3.63, 3.8) is 0 Å². The Hall–Kier alpha value is -1.25. The van der Waals surface area contributed by atoms with Crippen LogP contribution in [0.5, 0.6) is 0 Å². The second kappa shape index (κ2) is 8.71. The predicted molar refractivity (Wildman–Crippen MR) is 117 cm³/mol. The average Bonchev–Trinajstić information content (AvgIpc) is 3.33. The Balaban J connectivity index is 0.000000165. The molecule has 6 rings (SSSR count). The first-order chi connectivity index (χ1) is 13.5. The normalized spacial score (nSPS) is 20.4. The van der Waals surface area contributed by atoms with Gasteiger partial charge >= 0.3 is 111 Å². The van der Waals surface area contributed by atoms with Gasteiger partial charge in [0.15, 0.2) is 0 Å². The van der Waals surface area contributed by atoms with Gasteiger partial charge in [-0.05, 0) is 23.4 Å². The average molecular weight is 527 g/mol. The Bertz CT molecular complexity index is 1160. The van der Waals surface area contributed by atoms with Gasteiger partial charge in [0, 0.05) is 11.3 Å². The molecule has 0 fully saturated rings. The van der Waals surface area contributed by atoms with E-state index in [2.05, 4.69) is 97.8 Å². The minimum atomic E-state index is -1.17. The fourth-order valence-corrected chi connectivity index (χ4v) is 8.97. The molecule has 0 N–H and O–H groups in total. The molecule has 1 nitrogen and oxygen atoms in total. The number of rotatable bonds is 1. The number of hydrogen-bond donors (Lipinski definition) is 0. The molecule has 2 aromatic rings. The van der Waals surface area contributed by atoms with E-state index >= 15 is 0 Å². The van der Waals surface area contributed by atoms with Crippen molar-refractivity contribution in [1.29, 1.82) is 0 Å². The van der Waals surface area contributed by atoms with Crippen molar-refractivity contribution >= 4 is 19.9 Å². The molecule has 0 saturated carbocycles. The van der Waals surface area contributed by atoms with Gasteiger partial charge in [-0.1, -0.05) is 19.2 Å². The van der Waals surface area contributed by atoms with Gasteiger partial charge in [0.05, 0.1) is 5.70 Å². The third kappa shape index (κ3) is 3.54. The molecule has 4 aliphatic rings. The summed E-state index contributed by atoms with van der Waals surface area (Å²) in [6.07, 6.45) is 9.03. The van der Waals surface area contributed by atoms with Crippen LogP contribution in [0.15, 0.2) is 93.4 Å². The van der Waals surface area contributed by atoms with Crippen LogP contribution in [-0.4, -0.2) is 13.8 Å². The molecule has 1 unspecified atom stereocenters. The molecule has 30 heavy (non-hydrogen) atoms. The van der Waals surface area contributed by atoms with Crippen LogP contribution >= 0.6 is 0 Å². The van der Waals surface area contributed by atoms with Crippen molar-refractivity contribution in [2.45, 2.75) is 23.6 Å². The fourth-order valence-electron chi connectivity index (χ4n) is 4.80. The number of nitrogens with zero attached hydrogens (tertiary/aromatic N) is 1. The van der Waals surface area contributed by atoms with Crippen LogP contribution in [0.2, 0.25) is 13.1 Å². The maximum absolute atomic E-state index is 4.56. The van der Waals surface area contributed by atoms with E-state index in [0.717, 1.165) is 0 Å². The van der Waals surface area contributed by atoms with Crippen LogP contribution in [0.1, 0.15) is 21.7 Å². The summed E-state index contributed by atoms with van der Waals surface area (Å²) in [6.45, 7) is 6.98. The number of hydrogen-bond acceptors (Lipinski definition) is 1. The molecule has 0 aromatic heterocycles. The summed E-state index contributed by atoms with van der Waals surface area (Å²) in [5.74, 6) is 0. The number of aliphatic imine (C=N–C) groups is 1. The molecule has 0 spiro atoms. The summed E-state index contributed by atoms with van der Waals surface area (Å²) in [5, 5.41) is 3.23. The first-order valence-electron chi connectivity index (χ1n) is 9.80. The van der Waals surface area contributed by atoms with E-state index in [9.17, 15) is 0 Å². The van der Waals surface area contributed by atoms with Crippen LogP contribution in [0, 0.1) is 0 Å². The van der Waals surface area contributed by atoms with Gasteiger partial charge in [-0.2, -0.15) is 0 Å². The molecule has 2 heterocycles. The van der Waals surface area contributed by atoms with Gasteiger partial charge in [0.2, 0.25) is 0 Å². The van der Waals surface area contributed by atoms with Crippen molar-refractivity contribution in [3.8, 4) is 11.1 Å². The summed E-state index contributed by atoms with van der Waals surface area (Å²) < 4.78 is 0.644. The number of benzene rings is 2. The zero-order chi connectivity index (χ0) is 19.5. The molecule has 0 bridgehead atoms. The summed E-state index contributed by atoms with van der Waals surface area (Å²) in [4.78, 5) is 4.56. The van der Waals surface area contributed by atoms with Crippen LogP contribution in [0.4, 0.5) is 0 Å². The third-order valence-electron chi connectivity index (χ3n) is 6.15. The van der Waals surface area contributed by atoms with E-state index < -0.39 is 8.07 Å². The Morgan fingerprint density at radius 2 is 1.67 bits per heavy atom. The Labute approximate surface area is 207 Å². The number of halogens is 2. The van der Waals surface area contributed by atoms with Crippen LogP contribution in [0.25, 0.3) is 17.2 Å². The maximum atomic E-state index is 4.56. The molecule has 2 aliphatic carbocycles. The van der Waals surface area contributed by atoms with Crippen LogP contribution < -0.4 is 24.8 Å². The Morgan fingerprint density at radius 1 is 0.933 bits per heavy atom. The molecule has 149 valence electrons. The van der Waals surface area contributed by atoms with E-state index in [1.807, 2.05) is 0 Å². The van der Waals surface area contributed by atoms with Crippen molar-refractivity contribution < 1.29 is 49.5 Å². The predicted octanol–water partition coefficient (Wildman–Crippen LogP) is 0.358. The zero-order valence-electron chi connectivity index (χ0n) is 17.2. The monoisotopic (exact) mass is 524 g/mol. The molecular formula is C25H22Cl2NSiZr. The van der Waals surface area contributed by atoms with Gasteiger partial charge < -0.3 is 24.8 Å². The SMILES string of the molecule is CC1=NC2=CC=C3C2=C1[Si]3(C)C.[Cl-].[Cl-].[Zr+2][CH]1C=Cc2c(-c3ccccc3)cccc21. The van der Waals surface area contributed by atoms with Gasteiger partial charge in [-0.3, -0.25) is 4.99 Å². The third-order valence-corrected chi connectivity index (χ3v) is 11.0. The van der Waals surface area contributed by atoms with E-state index in [1.54, 1.807) is 35.1 Å². The summed E-state index contributed by atoms with van der Waals surface area (Å²) in [7, 11) is -1.17. The van der Waals surface area contributed by atoms with E-state index in [-0.39, 0.29) is 24.8 Å². The fraction of sp³-hybridized carbons (Fsp3) is 0.160. The van der Waals surface area contributed by atoms with Gasteiger partial charge in [-0.15, -0.1) is 0 Å². The Morgan fingerprint density at radius 3 is 2.40 bits per heavy atom. The van der Waals surface area contributed by atoms with Crippen LogP contribution in [-0.2, 0) is 24.7 Å². The van der Waals surface area contributed by atoms with Gasteiger partial charge in [0.25, 0.3) is 0 Å². The van der Waals surface area contributed by atoms with Gasteiger partial charge in [0.1, 0.15) is 8.07 Å². The molecule has 2 aromatic carbocycles. The zero-order valence-corrected chi connectivity index (χ0v) is 22.2. The second-order valence-corrected chi connectivity index (χ2v) is 14.0. The summed E-state index contributed by atoms with van der Waals surface area (Å²) >= 11 is 1.57. The molecule has 2 aliphatic heterocycles. The quantitative estimate of drug-likeness (QED) is 0.476. The van der Waals surface area contributed by atoms with Gasteiger partial charge in [-0.25, -0.2) is 0 Å². The van der Waals surface area contributed by atoms with Crippen molar-refractivity contribution in [1.82, 2.24) is 0 Å². The molecule has 1 atom stereocenters. The number of fused-ring (bicyclic) bond motifs is 1. The Kier molecular flexibility index (Phi) is 6.80. The van der Waals surface area contributed by atoms with Crippen molar-refractivity contribution in [2.75, 3.05) is 0 Å². The van der Waals surface area contributed by atoms with E-state index in [1.165, 1.54) is 39.2 Å². The molecule has 0 amide bonds. The molecule has 5 heteroatoms. The van der Waals surface area contributed by atoms with Crippen LogP contribution in [0.3, 0.4) is 0 Å². The van der Waals surface area contributed by atoms with E-state index in [0.29, 0.717) is 3.63 Å². The topological polar surface area (TPSA) is 12.4 Å². The summed E-state index contributed by atoms with van der Waals surface area (Å²) in [5.41, 5.74) is 9.57. The first-order valence-corrected chi connectivity index (χ1v) is 14.2. The molecule has 0 radical (unpaired) electrons. The van der Waals surface area contributed by atoms with Crippen molar-refractivity contribution in [2.24, 2.45) is 4.99 Å². The minimum absolute atomic E-state index is 0. The molecular weight excluding hydrogens is 504 g/mol. The number of allylic oxidation sites excluding steroid dienone is 5. The molecule has 0 saturated heterocycles.